The number of benzene rings is 2. The van der Waals surface area contributed by atoms with Crippen LogP contribution in [0.2, 0.25) is 0 Å². The highest BCUT2D eigenvalue weighted by atomic mass is 127. The summed E-state index contributed by atoms with van der Waals surface area (Å²) in [6.07, 6.45) is 0.743. The van der Waals surface area contributed by atoms with Gasteiger partial charge in [0, 0.05) is 25.7 Å². The normalized spacial score (nSPS) is 10.6. The summed E-state index contributed by atoms with van der Waals surface area (Å²) >= 11 is 0. The Morgan fingerprint density at radius 1 is 0.828 bits per heavy atom. The van der Waals surface area contributed by atoms with Gasteiger partial charge in [-0.1, -0.05) is 18.2 Å². The molecule has 0 spiro atoms. The Morgan fingerprint density at radius 2 is 1.52 bits per heavy atom. The van der Waals surface area contributed by atoms with Crippen molar-refractivity contribution >= 4 is 29.9 Å². The van der Waals surface area contributed by atoms with Gasteiger partial charge in [0.1, 0.15) is 5.75 Å². The van der Waals surface area contributed by atoms with E-state index in [1.807, 2.05) is 36.4 Å². The monoisotopic (exact) mass is 515 g/mol. The Labute approximate surface area is 189 Å². The van der Waals surface area contributed by atoms with E-state index >= 15 is 0 Å². The third kappa shape index (κ3) is 6.88. The Hall–Kier alpha value is -2.36. The van der Waals surface area contributed by atoms with Crippen molar-refractivity contribution in [1.82, 2.24) is 10.6 Å². The van der Waals surface area contributed by atoms with Gasteiger partial charge in [0.15, 0.2) is 17.5 Å². The summed E-state index contributed by atoms with van der Waals surface area (Å²) in [5.41, 5.74) is 2.17. The van der Waals surface area contributed by atoms with E-state index in [2.05, 4.69) is 15.6 Å². The van der Waals surface area contributed by atoms with Crippen molar-refractivity contribution in [3.63, 3.8) is 0 Å². The van der Waals surface area contributed by atoms with Gasteiger partial charge in [0.2, 0.25) is 5.75 Å². The molecule has 0 aliphatic heterocycles. The van der Waals surface area contributed by atoms with E-state index in [9.17, 15) is 0 Å². The second-order valence-corrected chi connectivity index (χ2v) is 5.94. The van der Waals surface area contributed by atoms with Gasteiger partial charge in [0.05, 0.1) is 28.4 Å². The number of hydrogen-bond acceptors (Lipinski definition) is 5. The van der Waals surface area contributed by atoms with E-state index in [0.29, 0.717) is 30.3 Å². The fourth-order valence-corrected chi connectivity index (χ4v) is 2.83. The maximum atomic E-state index is 5.53. The average Bonchev–Trinajstić information content (AvgIpc) is 2.75. The second kappa shape index (κ2) is 13.0. The minimum absolute atomic E-state index is 0. The van der Waals surface area contributed by atoms with Crippen LogP contribution < -0.4 is 29.6 Å². The molecule has 0 atom stereocenters. The minimum atomic E-state index is 0. The molecule has 0 fully saturated rings. The van der Waals surface area contributed by atoms with E-state index in [4.69, 9.17) is 18.9 Å². The van der Waals surface area contributed by atoms with Crippen LogP contribution in [0.4, 0.5) is 0 Å². The Kier molecular flexibility index (Phi) is 11.0. The van der Waals surface area contributed by atoms with Crippen molar-refractivity contribution in [2.75, 3.05) is 42.0 Å². The number of methoxy groups -OCH3 is 4. The van der Waals surface area contributed by atoms with Gasteiger partial charge in [-0.05, 0) is 30.2 Å². The van der Waals surface area contributed by atoms with E-state index < -0.39 is 0 Å². The van der Waals surface area contributed by atoms with Gasteiger partial charge in [-0.25, -0.2) is 0 Å². The zero-order valence-corrected chi connectivity index (χ0v) is 19.9. The summed E-state index contributed by atoms with van der Waals surface area (Å²) in [5, 5.41) is 6.62. The number of hydrogen-bond donors (Lipinski definition) is 2. The summed E-state index contributed by atoms with van der Waals surface area (Å²) < 4.78 is 21.5. The number of aliphatic imine (C=N–C) groups is 1. The zero-order chi connectivity index (χ0) is 20.4. The van der Waals surface area contributed by atoms with Gasteiger partial charge in [-0.3, -0.25) is 4.99 Å². The lowest BCUT2D eigenvalue weighted by Crippen LogP contribution is -2.37. The summed E-state index contributed by atoms with van der Waals surface area (Å²) in [7, 11) is 8.25. The Morgan fingerprint density at radius 3 is 2.07 bits per heavy atom. The van der Waals surface area contributed by atoms with Crippen LogP contribution in [-0.4, -0.2) is 48.0 Å². The fourth-order valence-electron chi connectivity index (χ4n) is 2.83. The quantitative estimate of drug-likeness (QED) is 0.304. The lowest BCUT2D eigenvalue weighted by Gasteiger charge is -2.16. The van der Waals surface area contributed by atoms with E-state index in [1.165, 1.54) is 0 Å². The highest BCUT2D eigenvalue weighted by Crippen LogP contribution is 2.39. The first-order valence-electron chi connectivity index (χ1n) is 9.02. The van der Waals surface area contributed by atoms with E-state index in [-0.39, 0.29) is 24.0 Å². The maximum Gasteiger partial charge on any atom is 0.203 e. The van der Waals surface area contributed by atoms with Gasteiger partial charge in [-0.2, -0.15) is 0 Å². The van der Waals surface area contributed by atoms with Crippen LogP contribution in [0.1, 0.15) is 11.1 Å². The van der Waals surface area contributed by atoms with Crippen molar-refractivity contribution < 1.29 is 18.9 Å². The van der Waals surface area contributed by atoms with E-state index in [1.54, 1.807) is 35.5 Å². The van der Waals surface area contributed by atoms with Crippen LogP contribution in [0.25, 0.3) is 0 Å². The van der Waals surface area contributed by atoms with Gasteiger partial charge >= 0.3 is 0 Å². The topological polar surface area (TPSA) is 73.3 Å². The van der Waals surface area contributed by atoms with Crippen LogP contribution in [0.3, 0.4) is 0 Å². The molecule has 2 aromatic rings. The Balaban J connectivity index is 0.00000420. The molecule has 160 valence electrons. The number of nitrogens with one attached hydrogen (secondary N) is 2. The van der Waals surface area contributed by atoms with Gasteiger partial charge in [0.25, 0.3) is 0 Å². The predicted octanol–water partition coefficient (Wildman–Crippen LogP) is 3.25. The number of rotatable bonds is 9. The molecule has 2 aromatic carbocycles. The molecule has 8 heteroatoms. The number of nitrogens with zero attached hydrogens (tertiary/aromatic N) is 1. The summed E-state index contributed by atoms with van der Waals surface area (Å²) in [6.45, 7) is 1.36. The summed E-state index contributed by atoms with van der Waals surface area (Å²) in [6, 6.07) is 11.8. The second-order valence-electron chi connectivity index (χ2n) is 5.94. The van der Waals surface area contributed by atoms with Crippen molar-refractivity contribution in [2.45, 2.75) is 13.0 Å². The molecule has 0 unspecified atom stereocenters. The predicted molar refractivity (Wildman–Crippen MR) is 126 cm³/mol. The molecular formula is C21H30IN3O4. The van der Waals surface area contributed by atoms with Crippen LogP contribution >= 0.6 is 24.0 Å². The Bertz CT molecular complexity index is 782. The standard InChI is InChI=1S/C21H29N3O4.HI/c1-22-21(24-14-15-6-9-17(25-2)10-7-15)23-13-12-16-8-11-18(26-3)20(28-5)19(16)27-4;/h6-11H,12-14H2,1-5H3,(H2,22,23,24);1H. The molecule has 0 aliphatic rings. The molecule has 0 aliphatic carbocycles. The molecule has 29 heavy (non-hydrogen) atoms. The molecule has 2 rings (SSSR count). The molecule has 0 radical (unpaired) electrons. The lowest BCUT2D eigenvalue weighted by atomic mass is 10.1. The SMILES string of the molecule is CN=C(NCCc1ccc(OC)c(OC)c1OC)NCc1ccc(OC)cc1.I. The smallest absolute Gasteiger partial charge is 0.203 e. The van der Waals surface area contributed by atoms with E-state index in [0.717, 1.165) is 29.3 Å². The van der Waals surface area contributed by atoms with Crippen molar-refractivity contribution in [2.24, 2.45) is 4.99 Å². The van der Waals surface area contributed by atoms with Crippen LogP contribution in [0, 0.1) is 0 Å². The van der Waals surface area contributed by atoms with Crippen LogP contribution in [-0.2, 0) is 13.0 Å². The zero-order valence-electron chi connectivity index (χ0n) is 17.6. The molecule has 0 heterocycles. The first kappa shape index (κ1) is 24.7. The fraction of sp³-hybridized carbons (Fsp3) is 0.381. The van der Waals surface area contributed by atoms with Crippen molar-refractivity contribution in [3.8, 4) is 23.0 Å². The summed E-state index contributed by atoms with van der Waals surface area (Å²) in [4.78, 5) is 4.27. The highest BCUT2D eigenvalue weighted by molar-refractivity contribution is 14.0. The van der Waals surface area contributed by atoms with Crippen molar-refractivity contribution in [1.29, 1.82) is 0 Å². The number of ether oxygens (including phenoxy) is 4. The van der Waals surface area contributed by atoms with Crippen LogP contribution in [0.5, 0.6) is 23.0 Å². The number of halogens is 1. The van der Waals surface area contributed by atoms with Gasteiger partial charge in [-0.15, -0.1) is 24.0 Å². The van der Waals surface area contributed by atoms with Crippen LogP contribution in [0.15, 0.2) is 41.4 Å². The molecule has 0 saturated heterocycles. The third-order valence-corrected chi connectivity index (χ3v) is 4.32. The molecule has 0 amide bonds. The molecule has 7 nitrogen and oxygen atoms in total. The van der Waals surface area contributed by atoms with Gasteiger partial charge < -0.3 is 29.6 Å². The highest BCUT2D eigenvalue weighted by Gasteiger charge is 2.15. The summed E-state index contributed by atoms with van der Waals surface area (Å²) in [5.74, 6) is 3.51. The molecular weight excluding hydrogens is 485 g/mol. The number of guanidine groups is 1. The van der Waals surface area contributed by atoms with Crippen molar-refractivity contribution in [3.05, 3.63) is 47.5 Å². The molecule has 2 N–H and O–H groups in total. The molecule has 0 aromatic heterocycles. The largest absolute Gasteiger partial charge is 0.497 e. The molecule has 0 saturated carbocycles. The third-order valence-electron chi connectivity index (χ3n) is 4.32. The average molecular weight is 515 g/mol. The first-order valence-corrected chi connectivity index (χ1v) is 9.02. The minimum Gasteiger partial charge on any atom is -0.497 e. The molecule has 0 bridgehead atoms. The lowest BCUT2D eigenvalue weighted by molar-refractivity contribution is 0.322. The maximum absolute atomic E-state index is 5.53. The first-order chi connectivity index (χ1) is 13.7.